The standard InChI is InChI=1S/C15H13FN2O2S/c1-20-11-5-2-9(3-6-11)15(19)18-13-7-4-10(14(17)21)8-12(13)16/h2-8H,1H3,(H2,17,21)(H,18,19). The molecule has 0 aliphatic heterocycles. The summed E-state index contributed by atoms with van der Waals surface area (Å²) in [7, 11) is 1.54. The number of nitrogens with two attached hydrogens (primary N) is 1. The SMILES string of the molecule is COc1ccc(C(=O)Nc2ccc(C(N)=S)cc2F)cc1. The summed E-state index contributed by atoms with van der Waals surface area (Å²) in [6.45, 7) is 0. The Balaban J connectivity index is 2.17. The number of amides is 1. The minimum absolute atomic E-state index is 0.0656. The average molecular weight is 304 g/mol. The van der Waals surface area contributed by atoms with E-state index >= 15 is 0 Å². The predicted molar refractivity (Wildman–Crippen MR) is 83.2 cm³/mol. The van der Waals surface area contributed by atoms with Gasteiger partial charge in [-0.25, -0.2) is 4.39 Å². The van der Waals surface area contributed by atoms with Crippen molar-refractivity contribution in [3.05, 3.63) is 59.4 Å². The highest BCUT2D eigenvalue weighted by atomic mass is 32.1. The fourth-order valence-electron chi connectivity index (χ4n) is 1.71. The van der Waals surface area contributed by atoms with Crippen LogP contribution in [0.1, 0.15) is 15.9 Å². The molecule has 0 fully saturated rings. The minimum atomic E-state index is -0.595. The first kappa shape index (κ1) is 14.9. The molecule has 2 rings (SSSR count). The summed E-state index contributed by atoms with van der Waals surface area (Å²) >= 11 is 4.76. The maximum absolute atomic E-state index is 13.9. The Morgan fingerprint density at radius 1 is 1.19 bits per heavy atom. The molecular formula is C15H13FN2O2S. The highest BCUT2D eigenvalue weighted by molar-refractivity contribution is 7.80. The van der Waals surface area contributed by atoms with Gasteiger partial charge in [-0.1, -0.05) is 12.2 Å². The number of carbonyl (C=O) groups is 1. The third kappa shape index (κ3) is 3.55. The summed E-state index contributed by atoms with van der Waals surface area (Å²) in [4.78, 5) is 12.1. The minimum Gasteiger partial charge on any atom is -0.497 e. The van der Waals surface area contributed by atoms with Gasteiger partial charge < -0.3 is 15.8 Å². The number of anilines is 1. The van der Waals surface area contributed by atoms with E-state index in [-0.39, 0.29) is 10.7 Å². The van der Waals surface area contributed by atoms with Gasteiger partial charge in [0, 0.05) is 11.1 Å². The van der Waals surface area contributed by atoms with Gasteiger partial charge in [0.05, 0.1) is 12.8 Å². The van der Waals surface area contributed by atoms with Crippen LogP contribution in [0.15, 0.2) is 42.5 Å². The molecule has 108 valence electrons. The molecule has 0 saturated heterocycles. The van der Waals surface area contributed by atoms with Crippen molar-refractivity contribution in [2.75, 3.05) is 12.4 Å². The molecule has 4 nitrogen and oxygen atoms in total. The van der Waals surface area contributed by atoms with Crippen LogP contribution in [0, 0.1) is 5.82 Å². The number of benzene rings is 2. The summed E-state index contributed by atoms with van der Waals surface area (Å²) in [6, 6.07) is 10.7. The summed E-state index contributed by atoms with van der Waals surface area (Å²) < 4.78 is 18.9. The maximum Gasteiger partial charge on any atom is 0.255 e. The van der Waals surface area contributed by atoms with Gasteiger partial charge in [0.1, 0.15) is 16.6 Å². The van der Waals surface area contributed by atoms with Crippen LogP contribution in [0.3, 0.4) is 0 Å². The fraction of sp³-hybridized carbons (Fsp3) is 0.0667. The number of hydrogen-bond acceptors (Lipinski definition) is 3. The second-order valence-corrected chi connectivity index (χ2v) is 4.68. The molecule has 0 aliphatic rings. The molecule has 0 aromatic heterocycles. The summed E-state index contributed by atoms with van der Waals surface area (Å²) in [6.07, 6.45) is 0. The van der Waals surface area contributed by atoms with E-state index in [1.165, 1.54) is 19.2 Å². The molecule has 0 atom stereocenters. The molecule has 1 amide bonds. The van der Waals surface area contributed by atoms with Crippen molar-refractivity contribution < 1.29 is 13.9 Å². The van der Waals surface area contributed by atoms with Gasteiger partial charge in [0.15, 0.2) is 0 Å². The van der Waals surface area contributed by atoms with E-state index in [0.29, 0.717) is 16.9 Å². The lowest BCUT2D eigenvalue weighted by atomic mass is 10.1. The van der Waals surface area contributed by atoms with Gasteiger partial charge >= 0.3 is 0 Å². The number of carbonyl (C=O) groups excluding carboxylic acids is 1. The molecule has 3 N–H and O–H groups in total. The zero-order valence-electron chi connectivity index (χ0n) is 11.2. The number of hydrogen-bond donors (Lipinski definition) is 2. The average Bonchev–Trinajstić information content (AvgIpc) is 2.49. The number of methoxy groups -OCH3 is 1. The fourth-order valence-corrected chi connectivity index (χ4v) is 1.83. The van der Waals surface area contributed by atoms with Gasteiger partial charge in [-0.2, -0.15) is 0 Å². The summed E-state index contributed by atoms with van der Waals surface area (Å²) in [5.74, 6) is -0.375. The van der Waals surface area contributed by atoms with Crippen LogP contribution in [0.4, 0.5) is 10.1 Å². The van der Waals surface area contributed by atoms with Gasteiger partial charge in [-0.15, -0.1) is 0 Å². The van der Waals surface area contributed by atoms with Crippen molar-refractivity contribution >= 4 is 28.8 Å². The Kier molecular flexibility index (Phi) is 4.49. The molecule has 0 heterocycles. The van der Waals surface area contributed by atoms with Crippen molar-refractivity contribution in [1.82, 2.24) is 0 Å². The summed E-state index contributed by atoms with van der Waals surface area (Å²) in [5.41, 5.74) is 6.29. The Bertz CT molecular complexity index is 687. The highest BCUT2D eigenvalue weighted by Crippen LogP contribution is 2.18. The second-order valence-electron chi connectivity index (χ2n) is 4.24. The monoisotopic (exact) mass is 304 g/mol. The third-order valence-electron chi connectivity index (χ3n) is 2.85. The van der Waals surface area contributed by atoms with E-state index < -0.39 is 11.7 Å². The molecule has 0 bridgehead atoms. The van der Waals surface area contributed by atoms with Crippen LogP contribution in [0.2, 0.25) is 0 Å². The number of nitrogens with one attached hydrogen (secondary N) is 1. The Morgan fingerprint density at radius 3 is 2.33 bits per heavy atom. The topological polar surface area (TPSA) is 64.3 Å². The van der Waals surface area contributed by atoms with Crippen LogP contribution in [-0.2, 0) is 0 Å². The van der Waals surface area contributed by atoms with Gasteiger partial charge in [0.2, 0.25) is 0 Å². The Hall–Kier alpha value is -2.47. The lowest BCUT2D eigenvalue weighted by Gasteiger charge is -2.08. The van der Waals surface area contributed by atoms with Crippen molar-refractivity contribution in [2.45, 2.75) is 0 Å². The Morgan fingerprint density at radius 2 is 1.81 bits per heavy atom. The zero-order chi connectivity index (χ0) is 15.4. The lowest BCUT2D eigenvalue weighted by Crippen LogP contribution is -2.14. The van der Waals surface area contributed by atoms with E-state index in [4.69, 9.17) is 22.7 Å². The molecule has 2 aromatic rings. The highest BCUT2D eigenvalue weighted by Gasteiger charge is 2.10. The molecule has 0 saturated carbocycles. The summed E-state index contributed by atoms with van der Waals surface area (Å²) in [5, 5.41) is 2.49. The van der Waals surface area contributed by atoms with E-state index in [0.717, 1.165) is 0 Å². The number of ether oxygens (including phenoxy) is 1. The van der Waals surface area contributed by atoms with Crippen molar-refractivity contribution in [3.63, 3.8) is 0 Å². The maximum atomic E-state index is 13.9. The van der Waals surface area contributed by atoms with Crippen LogP contribution in [0.5, 0.6) is 5.75 Å². The molecule has 0 spiro atoms. The first-order chi connectivity index (χ1) is 10.0. The van der Waals surface area contributed by atoms with Crippen LogP contribution < -0.4 is 15.8 Å². The number of rotatable bonds is 4. The molecule has 0 aliphatic carbocycles. The molecule has 6 heteroatoms. The largest absolute Gasteiger partial charge is 0.497 e. The molecular weight excluding hydrogens is 291 g/mol. The van der Waals surface area contributed by atoms with Gasteiger partial charge in [0.25, 0.3) is 5.91 Å². The number of thiocarbonyl (C=S) groups is 1. The first-order valence-electron chi connectivity index (χ1n) is 6.06. The molecule has 0 radical (unpaired) electrons. The molecule has 0 unspecified atom stereocenters. The predicted octanol–water partition coefficient (Wildman–Crippen LogP) is 2.72. The van der Waals surface area contributed by atoms with Gasteiger partial charge in [-0.05, 0) is 42.5 Å². The van der Waals surface area contributed by atoms with Crippen LogP contribution in [-0.4, -0.2) is 18.0 Å². The first-order valence-corrected chi connectivity index (χ1v) is 6.47. The van der Waals surface area contributed by atoms with Crippen LogP contribution >= 0.6 is 12.2 Å². The van der Waals surface area contributed by atoms with E-state index in [9.17, 15) is 9.18 Å². The van der Waals surface area contributed by atoms with Gasteiger partial charge in [-0.3, -0.25) is 4.79 Å². The van der Waals surface area contributed by atoms with Crippen LogP contribution in [0.25, 0.3) is 0 Å². The van der Waals surface area contributed by atoms with Crippen molar-refractivity contribution in [3.8, 4) is 5.75 Å². The van der Waals surface area contributed by atoms with Crippen molar-refractivity contribution in [2.24, 2.45) is 5.73 Å². The third-order valence-corrected chi connectivity index (χ3v) is 3.09. The Labute approximate surface area is 126 Å². The van der Waals surface area contributed by atoms with E-state index in [1.807, 2.05) is 0 Å². The zero-order valence-corrected chi connectivity index (χ0v) is 12.0. The van der Waals surface area contributed by atoms with E-state index in [2.05, 4.69) is 5.32 Å². The second kappa shape index (κ2) is 6.32. The van der Waals surface area contributed by atoms with Crippen molar-refractivity contribution in [1.29, 1.82) is 0 Å². The molecule has 21 heavy (non-hydrogen) atoms. The van der Waals surface area contributed by atoms with E-state index in [1.54, 1.807) is 30.3 Å². The number of halogens is 1. The smallest absolute Gasteiger partial charge is 0.255 e. The quantitative estimate of drug-likeness (QED) is 0.853. The molecule has 2 aromatic carbocycles. The lowest BCUT2D eigenvalue weighted by molar-refractivity contribution is 0.102. The normalized spacial score (nSPS) is 10.0.